The first-order chi connectivity index (χ1) is 26.6. The lowest BCUT2D eigenvalue weighted by molar-refractivity contribution is -0.273. The van der Waals surface area contributed by atoms with Gasteiger partial charge in [0.05, 0.1) is 30.3 Å². The molecule has 2 bridgehead atoms. The molecule has 0 aromatic heterocycles. The molecule has 4 rings (SSSR count). The van der Waals surface area contributed by atoms with Gasteiger partial charge in [-0.3, -0.25) is 19.2 Å². The molecule has 12 nitrogen and oxygen atoms in total. The third kappa shape index (κ3) is 11.3. The molecule has 0 amide bonds. The summed E-state index contributed by atoms with van der Waals surface area (Å²) in [5, 5.41) is 53.9. The normalized spacial score (nSPS) is 41.4. The number of allylic oxidation sites excluding steroid dienone is 4. The number of fused-ring (bicyclic) bond motifs is 3. The highest BCUT2D eigenvalue weighted by molar-refractivity contribution is 6.40. The number of aliphatic hydroxyl groups excluding tert-OH is 4. The topological polar surface area (TPSA) is 197 Å². The van der Waals surface area contributed by atoms with Crippen LogP contribution in [-0.2, 0) is 33.4 Å². The lowest BCUT2D eigenvalue weighted by Gasteiger charge is -2.43. The fourth-order valence-electron chi connectivity index (χ4n) is 9.72. The smallest absolute Gasteiger partial charge is 0.310 e. The van der Waals surface area contributed by atoms with Crippen molar-refractivity contribution in [1.29, 1.82) is 0 Å². The zero-order valence-corrected chi connectivity index (χ0v) is 34.1. The Morgan fingerprint density at radius 1 is 0.929 bits per heavy atom. The molecule has 56 heavy (non-hydrogen) atoms. The highest BCUT2D eigenvalue weighted by atomic mass is 16.6. The summed E-state index contributed by atoms with van der Waals surface area (Å²) in [5.41, 5.74) is 1.15. The van der Waals surface area contributed by atoms with E-state index in [9.17, 15) is 44.7 Å². The minimum Gasteiger partial charge on any atom is -0.457 e. The molecule has 14 atom stereocenters. The number of cyclic esters (lactones) is 1. The molecule has 3 fully saturated rings. The number of methoxy groups -OCH3 is 1. The molecule has 1 saturated heterocycles. The van der Waals surface area contributed by atoms with Crippen molar-refractivity contribution in [2.45, 2.75) is 147 Å². The Bertz CT molecular complexity index is 1440. The van der Waals surface area contributed by atoms with E-state index in [1.165, 1.54) is 7.11 Å². The van der Waals surface area contributed by atoms with Crippen LogP contribution in [0.4, 0.5) is 0 Å². The second kappa shape index (κ2) is 20.9. The summed E-state index contributed by atoms with van der Waals surface area (Å²) in [6.07, 6.45) is 5.71. The predicted octanol–water partition coefficient (Wildman–Crippen LogP) is 4.57. The Morgan fingerprint density at radius 3 is 2.25 bits per heavy atom. The van der Waals surface area contributed by atoms with Gasteiger partial charge in [-0.25, -0.2) is 0 Å². The average molecular weight is 789 g/mol. The summed E-state index contributed by atoms with van der Waals surface area (Å²) in [6.45, 7) is 10.9. The summed E-state index contributed by atoms with van der Waals surface area (Å²) < 4.78 is 18.2. The number of aliphatic hydroxyl groups is 5. The highest BCUT2D eigenvalue weighted by Gasteiger charge is 2.53. The van der Waals surface area contributed by atoms with Gasteiger partial charge in [0.2, 0.25) is 11.6 Å². The van der Waals surface area contributed by atoms with Gasteiger partial charge in [0.15, 0.2) is 5.78 Å². The average Bonchev–Trinajstić information content (AvgIpc) is 3.18. The van der Waals surface area contributed by atoms with Crippen LogP contribution in [0.1, 0.15) is 111 Å². The molecule has 2 saturated carbocycles. The first-order valence-electron chi connectivity index (χ1n) is 20.9. The Kier molecular flexibility index (Phi) is 17.2. The first kappa shape index (κ1) is 46.1. The zero-order chi connectivity index (χ0) is 41.3. The van der Waals surface area contributed by atoms with Gasteiger partial charge >= 0.3 is 5.97 Å². The van der Waals surface area contributed by atoms with Crippen molar-refractivity contribution in [3.63, 3.8) is 0 Å². The number of esters is 1. The number of hydrogen-bond donors (Lipinski definition) is 5. The second-order valence-corrected chi connectivity index (χ2v) is 17.5. The van der Waals surface area contributed by atoms with Gasteiger partial charge in [0, 0.05) is 56.8 Å². The molecule has 3 unspecified atom stereocenters. The van der Waals surface area contributed by atoms with Crippen LogP contribution in [0, 0.1) is 47.3 Å². The maximum atomic E-state index is 14.3. The number of ketones is 3. The van der Waals surface area contributed by atoms with E-state index in [1.807, 2.05) is 26.0 Å². The van der Waals surface area contributed by atoms with Crippen molar-refractivity contribution in [2.75, 3.05) is 20.3 Å². The maximum Gasteiger partial charge on any atom is 0.310 e. The second-order valence-electron chi connectivity index (χ2n) is 17.5. The maximum absolute atomic E-state index is 14.3. The molecule has 0 radical (unpaired) electrons. The SMILES string of the molecule is C=CC/C1=C\C(C)C[C@H](C)C[C@H](OC)[C@H]2O[C@](O)(CC[C@@H]2CO)C(=O)C(=O)C2CCCCC2C(=O)O[C@H](C(C)=C[C@@H]2CC[C@@H](O)[C@H](CO)C2)[C@H](C)[C@@H](O)CC1=O. The fraction of sp³-hybridized carbons (Fsp3) is 0.773. The van der Waals surface area contributed by atoms with Crippen molar-refractivity contribution in [3.8, 4) is 0 Å². The van der Waals surface area contributed by atoms with Crippen molar-refractivity contribution < 1.29 is 58.9 Å². The van der Waals surface area contributed by atoms with E-state index in [-0.39, 0.29) is 74.8 Å². The van der Waals surface area contributed by atoms with E-state index in [2.05, 4.69) is 6.58 Å². The Labute approximate surface area is 332 Å². The van der Waals surface area contributed by atoms with E-state index in [4.69, 9.17) is 14.2 Å². The first-order valence-corrected chi connectivity index (χ1v) is 20.9. The molecule has 0 aromatic rings. The molecule has 2 aliphatic carbocycles. The molecule has 12 heteroatoms. The molecule has 4 aliphatic rings. The van der Waals surface area contributed by atoms with Gasteiger partial charge in [-0.2, -0.15) is 0 Å². The van der Waals surface area contributed by atoms with Crippen molar-refractivity contribution >= 4 is 23.3 Å². The number of ether oxygens (including phenoxy) is 3. The van der Waals surface area contributed by atoms with Gasteiger partial charge in [-0.1, -0.05) is 51.8 Å². The third-order valence-electron chi connectivity index (χ3n) is 13.0. The van der Waals surface area contributed by atoms with E-state index in [0.717, 1.165) is 0 Å². The van der Waals surface area contributed by atoms with Crippen LogP contribution in [0.2, 0.25) is 0 Å². The minimum absolute atomic E-state index is 0.0167. The Hall–Kier alpha value is -2.58. The zero-order valence-electron chi connectivity index (χ0n) is 34.1. The molecule has 0 aromatic carbocycles. The lowest BCUT2D eigenvalue weighted by atomic mass is 9.74. The van der Waals surface area contributed by atoms with Crippen molar-refractivity contribution in [1.82, 2.24) is 0 Å². The fourth-order valence-corrected chi connectivity index (χ4v) is 9.72. The van der Waals surface area contributed by atoms with E-state index in [1.54, 1.807) is 19.9 Å². The number of Topliss-reactive ketones (excluding diaryl/α,β-unsaturated/α-hetero) is 3. The van der Waals surface area contributed by atoms with Gasteiger partial charge in [-0.05, 0) is 93.6 Å². The summed E-state index contributed by atoms with van der Waals surface area (Å²) in [7, 11) is 1.50. The summed E-state index contributed by atoms with van der Waals surface area (Å²) in [5.74, 6) is -9.12. The molecular formula is C44H68O12. The van der Waals surface area contributed by atoms with Gasteiger partial charge < -0.3 is 39.7 Å². The predicted molar refractivity (Wildman–Crippen MR) is 209 cm³/mol. The van der Waals surface area contributed by atoms with E-state index >= 15 is 0 Å². The van der Waals surface area contributed by atoms with E-state index in [0.29, 0.717) is 62.5 Å². The number of carbonyl (C=O) groups is 4. The molecular weight excluding hydrogens is 720 g/mol. The largest absolute Gasteiger partial charge is 0.457 e. The number of carbonyl (C=O) groups excluding carboxylic acids is 4. The van der Waals surface area contributed by atoms with Crippen LogP contribution in [-0.4, -0.2) is 105 Å². The molecule has 316 valence electrons. The molecule has 2 aliphatic heterocycles. The van der Waals surface area contributed by atoms with Crippen molar-refractivity contribution in [3.05, 3.63) is 36.0 Å². The Morgan fingerprint density at radius 2 is 1.61 bits per heavy atom. The number of hydrogen-bond acceptors (Lipinski definition) is 12. The van der Waals surface area contributed by atoms with Crippen LogP contribution in [0.3, 0.4) is 0 Å². The van der Waals surface area contributed by atoms with Crippen LogP contribution in [0.15, 0.2) is 36.0 Å². The molecule has 5 N–H and O–H groups in total. The van der Waals surface area contributed by atoms with E-state index < -0.39 is 77.5 Å². The summed E-state index contributed by atoms with van der Waals surface area (Å²) in [4.78, 5) is 56.2. The monoisotopic (exact) mass is 788 g/mol. The van der Waals surface area contributed by atoms with Crippen molar-refractivity contribution in [2.24, 2.45) is 47.3 Å². The molecule has 0 spiro atoms. The molecule has 2 heterocycles. The summed E-state index contributed by atoms with van der Waals surface area (Å²) >= 11 is 0. The minimum atomic E-state index is -2.46. The quantitative estimate of drug-likeness (QED) is 0.137. The van der Waals surface area contributed by atoms with Gasteiger partial charge in [0.1, 0.15) is 6.10 Å². The van der Waals surface area contributed by atoms with Crippen LogP contribution >= 0.6 is 0 Å². The Balaban J connectivity index is 1.76. The van der Waals surface area contributed by atoms with Gasteiger partial charge in [0.25, 0.3) is 5.78 Å². The summed E-state index contributed by atoms with van der Waals surface area (Å²) in [6, 6.07) is 0. The van der Waals surface area contributed by atoms with Crippen LogP contribution in [0.5, 0.6) is 0 Å². The third-order valence-corrected chi connectivity index (χ3v) is 13.0. The van der Waals surface area contributed by atoms with Gasteiger partial charge in [-0.15, -0.1) is 6.58 Å². The van der Waals surface area contributed by atoms with Crippen LogP contribution in [0.25, 0.3) is 0 Å². The highest BCUT2D eigenvalue weighted by Crippen LogP contribution is 2.40. The lowest BCUT2D eigenvalue weighted by Crippen LogP contribution is -2.58. The van der Waals surface area contributed by atoms with Crippen LogP contribution < -0.4 is 0 Å². The number of rotatable bonds is 7. The standard InChI is InChI=1S/C44H68O12/c1-7-10-30-18-25(2)17-26(3)19-38(54-6)41-31(23-45)15-16-44(53,56-41)42(51)39(50)33-11-8-9-12-34(33)43(52)55-40(28(5)36(48)22-37(30)49)27(4)20-29-13-14-35(47)32(21-29)24-46/h7,18,20,25-26,28-29,31-36,38,40-41,45-48,53H,1,8-17,19,21-24H2,2-6H3/b27-20?,30-18+/t25?,26-,28+,29-,31+,32-,33?,34?,35+,36-,38-,40+,41-,44+/m0/s1.